The van der Waals surface area contributed by atoms with Gasteiger partial charge in [0.2, 0.25) is 5.91 Å². The van der Waals surface area contributed by atoms with Crippen LogP contribution in [0, 0.1) is 5.92 Å². The highest BCUT2D eigenvalue weighted by Gasteiger charge is 2.28. The molecule has 2 rings (SSSR count). The first-order valence-corrected chi connectivity index (χ1v) is 8.33. The normalized spacial score (nSPS) is 17.8. The lowest BCUT2D eigenvalue weighted by Crippen LogP contribution is -2.43. The van der Waals surface area contributed by atoms with Crippen LogP contribution in [0.25, 0.3) is 0 Å². The van der Waals surface area contributed by atoms with E-state index in [1.54, 1.807) is 0 Å². The second kappa shape index (κ2) is 7.84. The van der Waals surface area contributed by atoms with E-state index in [1.807, 2.05) is 43.9 Å². The van der Waals surface area contributed by atoms with Gasteiger partial charge in [0.1, 0.15) is 5.75 Å². The molecule has 1 saturated heterocycles. The van der Waals surface area contributed by atoms with Gasteiger partial charge in [-0.05, 0) is 32.0 Å². The zero-order valence-corrected chi connectivity index (χ0v) is 14.3. The number of rotatable bonds is 6. The average Bonchev–Trinajstić information content (AvgIpc) is 3.00. The Hall–Kier alpha value is -1.26. The van der Waals surface area contributed by atoms with Crippen molar-refractivity contribution < 1.29 is 9.53 Å². The highest BCUT2D eigenvalue weighted by Crippen LogP contribution is 2.27. The van der Waals surface area contributed by atoms with Gasteiger partial charge in [-0.1, -0.05) is 31.5 Å². The standard InChI is InChI=1S/C17H25ClN2O2/c1-4-22-16-9-14(18)6-5-13(16)11-20(17(21)12(2)3)15-7-8-19-10-15/h5-6,9,12,15,19H,4,7-8,10-11H2,1-3H3/t15-/m0/s1. The SMILES string of the molecule is CCOc1cc(Cl)ccc1CN(C(=O)C(C)C)[C@H]1CCNC1. The number of benzene rings is 1. The predicted molar refractivity (Wildman–Crippen MR) is 89.3 cm³/mol. The number of nitrogens with one attached hydrogen (secondary N) is 1. The summed E-state index contributed by atoms with van der Waals surface area (Å²) in [6.45, 7) is 8.81. The third kappa shape index (κ3) is 4.14. The fourth-order valence-electron chi connectivity index (χ4n) is 2.76. The molecule has 1 aromatic rings. The van der Waals surface area contributed by atoms with E-state index in [1.165, 1.54) is 0 Å². The molecule has 0 radical (unpaired) electrons. The molecule has 0 aliphatic carbocycles. The van der Waals surface area contributed by atoms with Crippen LogP contribution in [0.15, 0.2) is 18.2 Å². The third-order valence-corrected chi connectivity index (χ3v) is 4.16. The summed E-state index contributed by atoms with van der Waals surface area (Å²) in [7, 11) is 0. The van der Waals surface area contributed by atoms with E-state index in [0.29, 0.717) is 18.2 Å². The number of halogens is 1. The summed E-state index contributed by atoms with van der Waals surface area (Å²) in [6, 6.07) is 5.88. The molecule has 0 spiro atoms. The molecule has 1 aliphatic rings. The Morgan fingerprint density at radius 3 is 2.86 bits per heavy atom. The van der Waals surface area contributed by atoms with E-state index < -0.39 is 0 Å². The van der Waals surface area contributed by atoms with E-state index in [4.69, 9.17) is 16.3 Å². The maximum absolute atomic E-state index is 12.6. The molecule has 0 aromatic heterocycles. The van der Waals surface area contributed by atoms with Crippen LogP contribution in [-0.4, -0.2) is 36.5 Å². The highest BCUT2D eigenvalue weighted by molar-refractivity contribution is 6.30. The lowest BCUT2D eigenvalue weighted by Gasteiger charge is -2.31. The van der Waals surface area contributed by atoms with Gasteiger partial charge in [-0.25, -0.2) is 0 Å². The smallest absolute Gasteiger partial charge is 0.225 e. The van der Waals surface area contributed by atoms with Gasteiger partial charge in [0.05, 0.1) is 6.61 Å². The molecule has 0 bridgehead atoms. The van der Waals surface area contributed by atoms with Crippen molar-refractivity contribution in [3.63, 3.8) is 0 Å². The lowest BCUT2D eigenvalue weighted by molar-refractivity contribution is -0.137. The van der Waals surface area contributed by atoms with Crippen LogP contribution < -0.4 is 10.1 Å². The number of carbonyl (C=O) groups excluding carboxylic acids is 1. The molecule has 1 atom stereocenters. The van der Waals surface area contributed by atoms with Crippen molar-refractivity contribution in [1.29, 1.82) is 0 Å². The molecule has 1 heterocycles. The monoisotopic (exact) mass is 324 g/mol. The molecular weight excluding hydrogens is 300 g/mol. The van der Waals surface area contributed by atoms with Gasteiger partial charge in [-0.2, -0.15) is 0 Å². The third-order valence-electron chi connectivity index (χ3n) is 3.92. The van der Waals surface area contributed by atoms with E-state index in [2.05, 4.69) is 5.32 Å². The molecule has 5 heteroatoms. The summed E-state index contributed by atoms with van der Waals surface area (Å²) in [5.74, 6) is 0.942. The molecule has 0 unspecified atom stereocenters. The number of carbonyl (C=O) groups is 1. The molecule has 1 fully saturated rings. The number of amides is 1. The van der Waals surface area contributed by atoms with Crippen LogP contribution in [0.3, 0.4) is 0 Å². The first-order valence-electron chi connectivity index (χ1n) is 7.95. The average molecular weight is 325 g/mol. The van der Waals surface area contributed by atoms with Gasteiger partial charge >= 0.3 is 0 Å². The van der Waals surface area contributed by atoms with Crippen LogP contribution in [0.2, 0.25) is 5.02 Å². The van der Waals surface area contributed by atoms with Crippen LogP contribution >= 0.6 is 11.6 Å². The molecule has 1 aromatic carbocycles. The highest BCUT2D eigenvalue weighted by atomic mass is 35.5. The number of hydrogen-bond acceptors (Lipinski definition) is 3. The Morgan fingerprint density at radius 1 is 1.50 bits per heavy atom. The summed E-state index contributed by atoms with van der Waals surface area (Å²) >= 11 is 6.06. The minimum atomic E-state index is -0.0107. The van der Waals surface area contributed by atoms with Gasteiger partial charge in [0.15, 0.2) is 0 Å². The zero-order chi connectivity index (χ0) is 16.1. The molecule has 122 valence electrons. The Morgan fingerprint density at radius 2 is 2.27 bits per heavy atom. The van der Waals surface area contributed by atoms with E-state index >= 15 is 0 Å². The minimum Gasteiger partial charge on any atom is -0.493 e. The first kappa shape index (κ1) is 17.1. The van der Waals surface area contributed by atoms with Crippen molar-refractivity contribution in [2.75, 3.05) is 19.7 Å². The topological polar surface area (TPSA) is 41.6 Å². The number of ether oxygens (including phenoxy) is 1. The number of nitrogens with zero attached hydrogens (tertiary/aromatic N) is 1. The summed E-state index contributed by atoms with van der Waals surface area (Å²) in [6.07, 6.45) is 0.996. The van der Waals surface area contributed by atoms with Gasteiger partial charge in [0.25, 0.3) is 0 Å². The van der Waals surface area contributed by atoms with Crippen molar-refractivity contribution in [3.8, 4) is 5.75 Å². The summed E-state index contributed by atoms with van der Waals surface area (Å²) in [4.78, 5) is 14.6. The Kier molecular flexibility index (Phi) is 6.09. The molecule has 22 heavy (non-hydrogen) atoms. The van der Waals surface area contributed by atoms with Crippen molar-refractivity contribution in [3.05, 3.63) is 28.8 Å². The fourth-order valence-corrected chi connectivity index (χ4v) is 2.92. The Bertz CT molecular complexity index is 513. The van der Waals surface area contributed by atoms with Gasteiger partial charge < -0.3 is 15.0 Å². The van der Waals surface area contributed by atoms with Crippen molar-refractivity contribution >= 4 is 17.5 Å². The molecule has 0 saturated carbocycles. The van der Waals surface area contributed by atoms with Gasteiger partial charge in [-0.15, -0.1) is 0 Å². The van der Waals surface area contributed by atoms with Crippen LogP contribution in [0.1, 0.15) is 32.8 Å². The Labute approximate surface area is 137 Å². The van der Waals surface area contributed by atoms with Gasteiger partial charge in [-0.3, -0.25) is 4.79 Å². The summed E-state index contributed by atoms with van der Waals surface area (Å²) in [5.41, 5.74) is 1.01. The molecule has 1 aliphatic heterocycles. The second-order valence-electron chi connectivity index (χ2n) is 5.95. The fraction of sp³-hybridized carbons (Fsp3) is 0.588. The van der Waals surface area contributed by atoms with Crippen LogP contribution in [0.5, 0.6) is 5.75 Å². The van der Waals surface area contributed by atoms with Gasteiger partial charge in [0, 0.05) is 35.6 Å². The molecule has 1 N–H and O–H groups in total. The lowest BCUT2D eigenvalue weighted by atomic mass is 10.1. The van der Waals surface area contributed by atoms with E-state index in [9.17, 15) is 4.79 Å². The maximum atomic E-state index is 12.6. The van der Waals surface area contributed by atoms with E-state index in [0.717, 1.165) is 30.8 Å². The van der Waals surface area contributed by atoms with Crippen LogP contribution in [-0.2, 0) is 11.3 Å². The second-order valence-corrected chi connectivity index (χ2v) is 6.39. The zero-order valence-electron chi connectivity index (χ0n) is 13.6. The first-order chi connectivity index (χ1) is 10.5. The van der Waals surface area contributed by atoms with Crippen LogP contribution in [0.4, 0.5) is 0 Å². The minimum absolute atomic E-state index is 0.0107. The largest absolute Gasteiger partial charge is 0.493 e. The molecule has 4 nitrogen and oxygen atoms in total. The molecule has 1 amide bonds. The van der Waals surface area contributed by atoms with E-state index in [-0.39, 0.29) is 17.9 Å². The quantitative estimate of drug-likeness (QED) is 0.874. The van der Waals surface area contributed by atoms with Crippen molar-refractivity contribution in [1.82, 2.24) is 10.2 Å². The summed E-state index contributed by atoms with van der Waals surface area (Å²) < 4.78 is 5.68. The predicted octanol–water partition coefficient (Wildman–Crippen LogP) is 3.09. The molecular formula is C17H25ClN2O2. The van der Waals surface area contributed by atoms with Crippen molar-refractivity contribution in [2.45, 2.75) is 39.8 Å². The maximum Gasteiger partial charge on any atom is 0.225 e. The summed E-state index contributed by atoms with van der Waals surface area (Å²) in [5, 5.41) is 3.98. The Balaban J connectivity index is 2.24. The van der Waals surface area contributed by atoms with Crippen molar-refractivity contribution in [2.24, 2.45) is 5.92 Å². The number of hydrogen-bond donors (Lipinski definition) is 1.